The van der Waals surface area contributed by atoms with E-state index in [1.165, 1.54) is 4.31 Å². The third kappa shape index (κ3) is 3.93. The number of aromatic nitrogens is 3. The Labute approximate surface area is 175 Å². The molecule has 1 aromatic carbocycles. The molecule has 10 heteroatoms. The molecule has 1 saturated heterocycles. The first kappa shape index (κ1) is 20.0. The van der Waals surface area contributed by atoms with E-state index >= 15 is 0 Å². The average Bonchev–Trinajstić information content (AvgIpc) is 3.37. The van der Waals surface area contributed by atoms with Crippen molar-refractivity contribution in [2.45, 2.75) is 25.0 Å². The predicted octanol–water partition coefficient (Wildman–Crippen LogP) is 2.66. The van der Waals surface area contributed by atoms with Crippen LogP contribution in [0.3, 0.4) is 0 Å². The van der Waals surface area contributed by atoms with Crippen molar-refractivity contribution in [2.75, 3.05) is 26.2 Å². The zero-order valence-corrected chi connectivity index (χ0v) is 17.8. The SMILES string of the molecule is CCn1c(-c2ccco2)nn(CN2CCN(S(=O)(=O)c3ccccc3)CC2)c1=S. The lowest BCUT2D eigenvalue weighted by Gasteiger charge is -2.33. The van der Waals surface area contributed by atoms with Gasteiger partial charge in [0.25, 0.3) is 0 Å². The Morgan fingerprint density at radius 2 is 1.79 bits per heavy atom. The van der Waals surface area contributed by atoms with Gasteiger partial charge in [0.15, 0.2) is 16.4 Å². The third-order valence-corrected chi connectivity index (χ3v) is 7.37. The van der Waals surface area contributed by atoms with E-state index in [0.29, 0.717) is 60.6 Å². The highest BCUT2D eigenvalue weighted by molar-refractivity contribution is 7.89. The number of furan rings is 1. The van der Waals surface area contributed by atoms with E-state index in [4.69, 9.17) is 16.6 Å². The minimum Gasteiger partial charge on any atom is -0.461 e. The summed E-state index contributed by atoms with van der Waals surface area (Å²) >= 11 is 5.59. The number of piperazine rings is 1. The van der Waals surface area contributed by atoms with Crippen LogP contribution in [-0.2, 0) is 23.2 Å². The lowest BCUT2D eigenvalue weighted by molar-refractivity contribution is 0.144. The standard InChI is InChI=1S/C19H23N5O3S2/c1-2-23-18(17-9-6-14-27-17)20-24(19(23)28)15-21-10-12-22(13-11-21)29(25,26)16-7-4-3-5-8-16/h3-9,14H,2,10-13,15H2,1H3. The van der Waals surface area contributed by atoms with E-state index < -0.39 is 10.0 Å². The van der Waals surface area contributed by atoms with Crippen molar-refractivity contribution in [3.63, 3.8) is 0 Å². The van der Waals surface area contributed by atoms with Gasteiger partial charge in [-0.05, 0) is 43.4 Å². The van der Waals surface area contributed by atoms with E-state index in [1.54, 1.807) is 35.2 Å². The Balaban J connectivity index is 1.46. The van der Waals surface area contributed by atoms with Crippen molar-refractivity contribution in [2.24, 2.45) is 0 Å². The number of hydrogen-bond acceptors (Lipinski definition) is 6. The molecule has 3 aromatic rings. The third-order valence-electron chi connectivity index (χ3n) is 5.03. The van der Waals surface area contributed by atoms with Gasteiger partial charge in [0.1, 0.15) is 0 Å². The van der Waals surface area contributed by atoms with Crippen LogP contribution in [0.2, 0.25) is 0 Å². The molecule has 4 rings (SSSR count). The second kappa shape index (κ2) is 8.23. The van der Waals surface area contributed by atoms with Crippen LogP contribution in [0.25, 0.3) is 11.6 Å². The van der Waals surface area contributed by atoms with Crippen molar-refractivity contribution in [1.29, 1.82) is 0 Å². The van der Waals surface area contributed by atoms with Crippen LogP contribution in [0, 0.1) is 4.77 Å². The molecule has 29 heavy (non-hydrogen) atoms. The molecule has 0 unspecified atom stereocenters. The van der Waals surface area contributed by atoms with Crippen LogP contribution in [0.15, 0.2) is 58.0 Å². The van der Waals surface area contributed by atoms with Gasteiger partial charge in [-0.3, -0.25) is 9.47 Å². The molecule has 1 aliphatic rings. The van der Waals surface area contributed by atoms with Crippen LogP contribution >= 0.6 is 12.2 Å². The summed E-state index contributed by atoms with van der Waals surface area (Å²) in [6.07, 6.45) is 1.61. The second-order valence-electron chi connectivity index (χ2n) is 6.80. The molecule has 1 fully saturated rings. The Morgan fingerprint density at radius 3 is 2.41 bits per heavy atom. The minimum absolute atomic E-state index is 0.334. The first-order chi connectivity index (χ1) is 14.0. The first-order valence-electron chi connectivity index (χ1n) is 9.50. The monoisotopic (exact) mass is 433 g/mol. The summed E-state index contributed by atoms with van der Waals surface area (Å²) in [5.74, 6) is 1.38. The lowest BCUT2D eigenvalue weighted by Crippen LogP contribution is -2.48. The predicted molar refractivity (Wildman–Crippen MR) is 111 cm³/mol. The highest BCUT2D eigenvalue weighted by Crippen LogP contribution is 2.20. The molecule has 0 bridgehead atoms. The molecule has 0 spiro atoms. The highest BCUT2D eigenvalue weighted by Gasteiger charge is 2.28. The second-order valence-corrected chi connectivity index (χ2v) is 9.11. The van der Waals surface area contributed by atoms with Gasteiger partial charge < -0.3 is 4.42 Å². The molecule has 0 aliphatic carbocycles. The molecule has 0 amide bonds. The van der Waals surface area contributed by atoms with Crippen molar-refractivity contribution in [3.8, 4) is 11.6 Å². The Morgan fingerprint density at radius 1 is 1.07 bits per heavy atom. The van der Waals surface area contributed by atoms with Crippen LogP contribution in [-0.4, -0.2) is 58.1 Å². The van der Waals surface area contributed by atoms with Gasteiger partial charge in [0.2, 0.25) is 10.0 Å². The molecule has 0 saturated carbocycles. The fourth-order valence-electron chi connectivity index (χ4n) is 3.45. The van der Waals surface area contributed by atoms with Crippen LogP contribution < -0.4 is 0 Å². The Kier molecular flexibility index (Phi) is 5.68. The molecular weight excluding hydrogens is 410 g/mol. The van der Waals surface area contributed by atoms with Crippen molar-refractivity contribution in [3.05, 3.63) is 53.5 Å². The topological polar surface area (TPSA) is 76.5 Å². The van der Waals surface area contributed by atoms with Gasteiger partial charge in [-0.25, -0.2) is 13.1 Å². The zero-order chi connectivity index (χ0) is 20.4. The van der Waals surface area contributed by atoms with Gasteiger partial charge >= 0.3 is 0 Å². The molecule has 0 N–H and O–H groups in total. The summed E-state index contributed by atoms with van der Waals surface area (Å²) in [7, 11) is -3.46. The van der Waals surface area contributed by atoms with Crippen molar-refractivity contribution < 1.29 is 12.8 Å². The molecule has 0 atom stereocenters. The minimum atomic E-state index is -3.46. The van der Waals surface area contributed by atoms with E-state index in [-0.39, 0.29) is 0 Å². The van der Waals surface area contributed by atoms with E-state index in [9.17, 15) is 8.42 Å². The quantitative estimate of drug-likeness (QED) is 0.557. The molecule has 3 heterocycles. The van der Waals surface area contributed by atoms with Gasteiger partial charge in [-0.15, -0.1) is 5.10 Å². The first-order valence-corrected chi connectivity index (χ1v) is 11.3. The number of hydrogen-bond donors (Lipinski definition) is 0. The number of benzene rings is 1. The van der Waals surface area contributed by atoms with Crippen molar-refractivity contribution in [1.82, 2.24) is 23.6 Å². The Hall–Kier alpha value is -2.27. The van der Waals surface area contributed by atoms with Crippen LogP contribution in [0.5, 0.6) is 0 Å². The normalized spacial score (nSPS) is 16.3. The summed E-state index contributed by atoms with van der Waals surface area (Å²) in [6, 6.07) is 12.2. The maximum absolute atomic E-state index is 12.8. The summed E-state index contributed by atoms with van der Waals surface area (Å²) in [6.45, 7) is 5.32. The number of sulfonamides is 1. The maximum atomic E-state index is 12.8. The van der Waals surface area contributed by atoms with Crippen molar-refractivity contribution >= 4 is 22.2 Å². The Bertz CT molecular complexity index is 1110. The summed E-state index contributed by atoms with van der Waals surface area (Å²) in [4.78, 5) is 2.49. The van der Waals surface area contributed by atoms with E-state index in [2.05, 4.69) is 10.00 Å². The van der Waals surface area contributed by atoms with E-state index in [1.807, 2.05) is 29.7 Å². The fraction of sp³-hybridized carbons (Fsp3) is 0.368. The molecule has 8 nitrogen and oxygen atoms in total. The lowest BCUT2D eigenvalue weighted by atomic mass is 10.4. The van der Waals surface area contributed by atoms with Gasteiger partial charge in [-0.2, -0.15) is 4.31 Å². The fourth-order valence-corrected chi connectivity index (χ4v) is 5.21. The summed E-state index contributed by atoms with van der Waals surface area (Å²) in [5.41, 5.74) is 0. The smallest absolute Gasteiger partial charge is 0.243 e. The molecule has 2 aromatic heterocycles. The van der Waals surface area contributed by atoms with E-state index in [0.717, 1.165) is 0 Å². The molecule has 154 valence electrons. The van der Waals surface area contributed by atoms with Gasteiger partial charge in [0, 0.05) is 32.7 Å². The average molecular weight is 434 g/mol. The maximum Gasteiger partial charge on any atom is 0.243 e. The largest absolute Gasteiger partial charge is 0.461 e. The summed E-state index contributed by atoms with van der Waals surface area (Å²) < 4.78 is 36.9. The van der Waals surface area contributed by atoms with Crippen LogP contribution in [0.1, 0.15) is 6.92 Å². The number of nitrogens with zero attached hydrogens (tertiary/aromatic N) is 5. The molecule has 1 aliphatic heterocycles. The molecular formula is C19H23N5O3S2. The van der Waals surface area contributed by atoms with Gasteiger partial charge in [0.05, 0.1) is 17.8 Å². The summed E-state index contributed by atoms with van der Waals surface area (Å²) in [5, 5.41) is 4.64. The highest BCUT2D eigenvalue weighted by atomic mass is 32.2. The zero-order valence-electron chi connectivity index (χ0n) is 16.1. The molecule has 0 radical (unpaired) electrons. The van der Waals surface area contributed by atoms with Gasteiger partial charge in [-0.1, -0.05) is 18.2 Å². The van der Waals surface area contributed by atoms with Crippen LogP contribution in [0.4, 0.5) is 0 Å². The number of rotatable bonds is 6.